The van der Waals surface area contributed by atoms with E-state index in [4.69, 9.17) is 10.5 Å². The van der Waals surface area contributed by atoms with Crippen LogP contribution in [-0.4, -0.2) is 20.7 Å². The summed E-state index contributed by atoms with van der Waals surface area (Å²) in [5, 5.41) is 4.13. The number of rotatable bonds is 6. The molecule has 1 aromatic carbocycles. The number of ether oxygens (including phenoxy) is 1. The van der Waals surface area contributed by atoms with Crippen molar-refractivity contribution in [3.63, 3.8) is 0 Å². The smallest absolute Gasteiger partial charge is 0.431 e. The number of halogens is 3. The molecule has 0 radical (unpaired) electrons. The highest BCUT2D eigenvalue weighted by atomic mass is 19.4. The minimum atomic E-state index is -4.82. The molecule has 10 heteroatoms. The van der Waals surface area contributed by atoms with E-state index in [1.807, 2.05) is 6.92 Å². The Morgan fingerprint density at radius 2 is 1.93 bits per heavy atom. The summed E-state index contributed by atoms with van der Waals surface area (Å²) in [6, 6.07) is 8.45. The zero-order valence-corrected chi connectivity index (χ0v) is 15.3. The summed E-state index contributed by atoms with van der Waals surface area (Å²) in [7, 11) is 0. The van der Waals surface area contributed by atoms with Crippen molar-refractivity contribution in [1.82, 2.24) is 14.8 Å². The van der Waals surface area contributed by atoms with Crippen molar-refractivity contribution in [3.8, 4) is 16.9 Å². The summed E-state index contributed by atoms with van der Waals surface area (Å²) in [4.78, 5) is 24.8. The number of amides is 1. The number of aromatic nitrogens is 3. The Morgan fingerprint density at radius 3 is 2.52 bits per heavy atom. The first-order valence-electron chi connectivity index (χ1n) is 8.59. The maximum absolute atomic E-state index is 13.4. The molecule has 0 saturated heterocycles. The maximum atomic E-state index is 13.4. The van der Waals surface area contributed by atoms with Gasteiger partial charge in [0.1, 0.15) is 23.6 Å². The average molecular weight is 406 g/mol. The number of H-pyrrole nitrogens is 1. The molecule has 0 unspecified atom stereocenters. The van der Waals surface area contributed by atoms with Crippen LogP contribution in [0.3, 0.4) is 0 Å². The van der Waals surface area contributed by atoms with Gasteiger partial charge in [0.05, 0.1) is 5.69 Å². The molecule has 0 aliphatic carbocycles. The van der Waals surface area contributed by atoms with Gasteiger partial charge in [0, 0.05) is 18.3 Å². The number of nitrogens with two attached hydrogens (primary N) is 1. The van der Waals surface area contributed by atoms with Crippen molar-refractivity contribution in [3.05, 3.63) is 69.9 Å². The van der Waals surface area contributed by atoms with Gasteiger partial charge < -0.3 is 15.5 Å². The molecule has 0 atom stereocenters. The van der Waals surface area contributed by atoms with Gasteiger partial charge in [-0.05, 0) is 36.8 Å². The number of benzene rings is 1. The standard InChI is InChI=1S/C19H17F3N4O3/c1-2-26-12(7-8-24-26)10-29-13-5-3-11(4-6-13)14-9-15(17(23)27)18(28)25-16(14)19(20,21)22/h3-9H,2,10H2,1H3,(H2,23,27)(H,25,28). The predicted octanol–water partition coefficient (Wildman–Crippen LogP) is 2.96. The SMILES string of the molecule is CCn1nccc1COc1ccc(-c2cc(C(N)=O)c(=O)[nH]c2C(F)(F)F)cc1. The molecule has 1 amide bonds. The fourth-order valence-electron chi connectivity index (χ4n) is 2.82. The van der Waals surface area contributed by atoms with Gasteiger partial charge in [-0.2, -0.15) is 18.3 Å². The van der Waals surface area contributed by atoms with Gasteiger partial charge in [-0.1, -0.05) is 12.1 Å². The van der Waals surface area contributed by atoms with Crippen LogP contribution in [0.1, 0.15) is 28.7 Å². The second kappa shape index (κ2) is 7.82. The molecule has 3 N–H and O–H groups in total. The van der Waals surface area contributed by atoms with Crippen molar-refractivity contribution < 1.29 is 22.7 Å². The van der Waals surface area contributed by atoms with Crippen molar-refractivity contribution in [2.75, 3.05) is 0 Å². The predicted molar refractivity (Wildman–Crippen MR) is 98.3 cm³/mol. The molecule has 29 heavy (non-hydrogen) atoms. The number of nitrogens with zero attached hydrogens (tertiary/aromatic N) is 2. The number of aryl methyl sites for hydroxylation is 1. The average Bonchev–Trinajstić information content (AvgIpc) is 3.13. The molecule has 0 saturated carbocycles. The van der Waals surface area contributed by atoms with Crippen LogP contribution in [0.4, 0.5) is 13.2 Å². The number of pyridine rings is 1. The van der Waals surface area contributed by atoms with E-state index in [0.29, 0.717) is 12.3 Å². The van der Waals surface area contributed by atoms with Crippen LogP contribution in [0.2, 0.25) is 0 Å². The molecule has 152 valence electrons. The lowest BCUT2D eigenvalue weighted by Crippen LogP contribution is -2.27. The molecule has 2 aromatic heterocycles. The van der Waals surface area contributed by atoms with Crippen LogP contribution in [0.25, 0.3) is 11.1 Å². The van der Waals surface area contributed by atoms with Crippen LogP contribution < -0.4 is 16.0 Å². The van der Waals surface area contributed by atoms with Gasteiger partial charge in [0.15, 0.2) is 0 Å². The van der Waals surface area contributed by atoms with Gasteiger partial charge in [-0.25, -0.2) is 0 Å². The summed E-state index contributed by atoms with van der Waals surface area (Å²) in [5.74, 6) is -0.681. The summed E-state index contributed by atoms with van der Waals surface area (Å²) >= 11 is 0. The number of alkyl halides is 3. The van der Waals surface area contributed by atoms with Crippen LogP contribution in [-0.2, 0) is 19.3 Å². The van der Waals surface area contributed by atoms with Crippen LogP contribution in [0.15, 0.2) is 47.4 Å². The number of primary amides is 1. The first-order valence-corrected chi connectivity index (χ1v) is 8.59. The van der Waals surface area contributed by atoms with E-state index in [0.717, 1.165) is 11.8 Å². The summed E-state index contributed by atoms with van der Waals surface area (Å²) in [6.45, 7) is 2.86. The van der Waals surface area contributed by atoms with E-state index in [1.165, 1.54) is 24.3 Å². The summed E-state index contributed by atoms with van der Waals surface area (Å²) in [6.07, 6.45) is -3.17. The van der Waals surface area contributed by atoms with E-state index < -0.39 is 28.9 Å². The molecule has 7 nitrogen and oxygen atoms in total. The van der Waals surface area contributed by atoms with Crippen molar-refractivity contribution in [2.45, 2.75) is 26.3 Å². The van der Waals surface area contributed by atoms with Crippen LogP contribution >= 0.6 is 0 Å². The highest BCUT2D eigenvalue weighted by Gasteiger charge is 2.36. The quantitative estimate of drug-likeness (QED) is 0.657. The number of hydrogen-bond acceptors (Lipinski definition) is 4. The molecule has 2 heterocycles. The minimum Gasteiger partial charge on any atom is -0.487 e. The lowest BCUT2D eigenvalue weighted by molar-refractivity contribution is -0.140. The Balaban J connectivity index is 1.91. The Kier molecular flexibility index (Phi) is 5.44. The topological polar surface area (TPSA) is 103 Å². The zero-order valence-electron chi connectivity index (χ0n) is 15.3. The number of hydrogen-bond donors (Lipinski definition) is 2. The van der Waals surface area contributed by atoms with Gasteiger partial charge in [0.2, 0.25) is 0 Å². The third-order valence-corrected chi connectivity index (χ3v) is 4.25. The highest BCUT2D eigenvalue weighted by Crippen LogP contribution is 2.35. The molecule has 0 bridgehead atoms. The lowest BCUT2D eigenvalue weighted by atomic mass is 10.0. The lowest BCUT2D eigenvalue weighted by Gasteiger charge is -2.14. The molecule has 3 aromatic rings. The zero-order chi connectivity index (χ0) is 21.2. The fraction of sp³-hybridized carbons (Fsp3) is 0.211. The summed E-state index contributed by atoms with van der Waals surface area (Å²) in [5.41, 5.74) is 2.71. The molecule has 0 aliphatic rings. The number of aromatic amines is 1. The maximum Gasteiger partial charge on any atom is 0.431 e. The van der Waals surface area contributed by atoms with E-state index in [2.05, 4.69) is 5.10 Å². The third kappa shape index (κ3) is 4.31. The molecule has 3 rings (SSSR count). The number of nitrogens with one attached hydrogen (secondary N) is 1. The van der Waals surface area contributed by atoms with E-state index in [-0.39, 0.29) is 17.7 Å². The monoisotopic (exact) mass is 406 g/mol. The van der Waals surface area contributed by atoms with Crippen molar-refractivity contribution in [1.29, 1.82) is 0 Å². The first kappa shape index (κ1) is 20.2. The molecular weight excluding hydrogens is 389 g/mol. The van der Waals surface area contributed by atoms with Crippen LogP contribution in [0, 0.1) is 0 Å². The largest absolute Gasteiger partial charge is 0.487 e. The molecule has 0 fully saturated rings. The molecule has 0 aliphatic heterocycles. The van der Waals surface area contributed by atoms with E-state index in [1.54, 1.807) is 21.9 Å². The van der Waals surface area contributed by atoms with Crippen molar-refractivity contribution in [2.24, 2.45) is 5.73 Å². The van der Waals surface area contributed by atoms with Gasteiger partial charge in [-0.3, -0.25) is 14.3 Å². The van der Waals surface area contributed by atoms with E-state index >= 15 is 0 Å². The first-order chi connectivity index (χ1) is 13.7. The second-order valence-corrected chi connectivity index (χ2v) is 6.11. The van der Waals surface area contributed by atoms with Crippen LogP contribution in [0.5, 0.6) is 5.75 Å². The number of carbonyl (C=O) groups is 1. The molecule has 0 spiro atoms. The Hall–Kier alpha value is -3.56. The Labute approximate surface area is 162 Å². The minimum absolute atomic E-state index is 0.141. The Morgan fingerprint density at radius 1 is 1.24 bits per heavy atom. The van der Waals surface area contributed by atoms with E-state index in [9.17, 15) is 22.8 Å². The van der Waals surface area contributed by atoms with Crippen molar-refractivity contribution >= 4 is 5.91 Å². The second-order valence-electron chi connectivity index (χ2n) is 6.11. The highest BCUT2D eigenvalue weighted by molar-refractivity contribution is 5.94. The fourth-order valence-corrected chi connectivity index (χ4v) is 2.82. The van der Waals surface area contributed by atoms with Gasteiger partial charge in [-0.15, -0.1) is 0 Å². The normalized spacial score (nSPS) is 11.4. The van der Waals surface area contributed by atoms with Gasteiger partial charge >= 0.3 is 6.18 Å². The third-order valence-electron chi connectivity index (χ3n) is 4.25. The Bertz CT molecular complexity index is 1090. The van der Waals surface area contributed by atoms with Gasteiger partial charge in [0.25, 0.3) is 11.5 Å². The number of carbonyl (C=O) groups excluding carboxylic acids is 1. The molecular formula is C19H17F3N4O3. The summed E-state index contributed by atoms with van der Waals surface area (Å²) < 4.78 is 47.5.